The van der Waals surface area contributed by atoms with E-state index in [1.54, 1.807) is 4.90 Å². The second-order valence-electron chi connectivity index (χ2n) is 8.15. The van der Waals surface area contributed by atoms with Crippen molar-refractivity contribution in [2.45, 2.75) is 57.8 Å². The van der Waals surface area contributed by atoms with Crippen molar-refractivity contribution in [3.05, 3.63) is 34.9 Å². The molecule has 0 aromatic heterocycles. The van der Waals surface area contributed by atoms with E-state index in [9.17, 15) is 14.4 Å². The number of rotatable bonds is 6. The summed E-state index contributed by atoms with van der Waals surface area (Å²) in [6, 6.07) is 5.48. The van der Waals surface area contributed by atoms with Crippen LogP contribution >= 0.6 is 0 Å². The molecule has 1 aromatic rings. The molecule has 27 heavy (non-hydrogen) atoms. The van der Waals surface area contributed by atoms with E-state index in [2.05, 4.69) is 17.6 Å². The summed E-state index contributed by atoms with van der Waals surface area (Å²) in [5.41, 5.74) is 9.03. The normalized spacial score (nSPS) is 24.6. The van der Waals surface area contributed by atoms with Gasteiger partial charge in [-0.1, -0.05) is 12.1 Å². The number of hydrogen-bond acceptors (Lipinski definition) is 5. The second-order valence-corrected chi connectivity index (χ2v) is 8.15. The smallest absolute Gasteiger partial charge is 0.255 e. The minimum atomic E-state index is -0.565. The molecular weight excluding hydrogens is 344 g/mol. The number of nitrogens with one attached hydrogen (secondary N) is 2. The van der Waals surface area contributed by atoms with Crippen molar-refractivity contribution >= 4 is 17.7 Å². The summed E-state index contributed by atoms with van der Waals surface area (Å²) in [6.07, 6.45) is 3.01. The largest absolute Gasteiger partial charge is 0.327 e. The Morgan fingerprint density at radius 2 is 2.11 bits per heavy atom. The summed E-state index contributed by atoms with van der Waals surface area (Å²) >= 11 is 0. The minimum absolute atomic E-state index is 0.132. The molecular formula is C20H26N4O3. The van der Waals surface area contributed by atoms with Gasteiger partial charge in [0.1, 0.15) is 6.04 Å². The van der Waals surface area contributed by atoms with Gasteiger partial charge in [0.15, 0.2) is 0 Å². The average molecular weight is 370 g/mol. The summed E-state index contributed by atoms with van der Waals surface area (Å²) in [7, 11) is 0. The van der Waals surface area contributed by atoms with Gasteiger partial charge in [0, 0.05) is 37.7 Å². The molecule has 3 aliphatic rings. The number of piperidine rings is 1. The van der Waals surface area contributed by atoms with Crippen molar-refractivity contribution in [1.82, 2.24) is 15.5 Å². The molecule has 4 N–H and O–H groups in total. The van der Waals surface area contributed by atoms with Crippen LogP contribution in [0.1, 0.15) is 54.1 Å². The van der Waals surface area contributed by atoms with E-state index in [4.69, 9.17) is 5.73 Å². The van der Waals surface area contributed by atoms with Crippen LogP contribution in [0.3, 0.4) is 0 Å². The van der Waals surface area contributed by atoms with Crippen LogP contribution in [0, 0.1) is 5.41 Å². The molecule has 3 amide bonds. The van der Waals surface area contributed by atoms with Gasteiger partial charge in [-0.15, -0.1) is 0 Å². The van der Waals surface area contributed by atoms with E-state index in [1.807, 2.05) is 18.2 Å². The topological polar surface area (TPSA) is 105 Å². The Balaban J connectivity index is 1.40. The summed E-state index contributed by atoms with van der Waals surface area (Å²) in [4.78, 5) is 37.7. The zero-order chi connectivity index (χ0) is 19.2. The molecule has 2 aliphatic heterocycles. The van der Waals surface area contributed by atoms with E-state index >= 15 is 0 Å². The van der Waals surface area contributed by atoms with Crippen molar-refractivity contribution in [2.75, 3.05) is 6.54 Å². The lowest BCUT2D eigenvalue weighted by atomic mass is 9.98. The van der Waals surface area contributed by atoms with Gasteiger partial charge in [0.25, 0.3) is 5.91 Å². The third-order valence-corrected chi connectivity index (χ3v) is 6.25. The maximum Gasteiger partial charge on any atom is 0.255 e. The van der Waals surface area contributed by atoms with Crippen LogP contribution in [0.2, 0.25) is 0 Å². The highest BCUT2D eigenvalue weighted by molar-refractivity contribution is 6.05. The van der Waals surface area contributed by atoms with Crippen LogP contribution in [-0.2, 0) is 22.7 Å². The van der Waals surface area contributed by atoms with Crippen molar-refractivity contribution in [3.63, 3.8) is 0 Å². The van der Waals surface area contributed by atoms with E-state index in [0.717, 1.165) is 24.2 Å². The molecule has 4 rings (SSSR count). The molecule has 2 fully saturated rings. The Labute approximate surface area is 158 Å². The summed E-state index contributed by atoms with van der Waals surface area (Å²) in [5, 5.41) is 5.82. The zero-order valence-corrected chi connectivity index (χ0v) is 15.6. The van der Waals surface area contributed by atoms with Gasteiger partial charge >= 0.3 is 0 Å². The molecule has 0 radical (unpaired) electrons. The summed E-state index contributed by atoms with van der Waals surface area (Å²) in [6.45, 7) is 4.12. The summed E-state index contributed by atoms with van der Waals surface area (Å²) in [5.74, 6) is -0.776. The lowest BCUT2D eigenvalue weighted by molar-refractivity contribution is -0.136. The molecule has 1 saturated carbocycles. The Morgan fingerprint density at radius 3 is 2.78 bits per heavy atom. The first-order valence-electron chi connectivity index (χ1n) is 9.62. The number of nitrogens with two attached hydrogens (primary N) is 1. The molecule has 7 nitrogen and oxygen atoms in total. The summed E-state index contributed by atoms with van der Waals surface area (Å²) < 4.78 is 0. The van der Waals surface area contributed by atoms with E-state index in [1.165, 1.54) is 12.8 Å². The highest BCUT2D eigenvalue weighted by Gasteiger charge is 2.45. The lowest BCUT2D eigenvalue weighted by Crippen LogP contribution is -2.52. The maximum absolute atomic E-state index is 12.7. The van der Waals surface area contributed by atoms with E-state index < -0.39 is 6.04 Å². The predicted octanol–water partition coefficient (Wildman–Crippen LogP) is 0.665. The molecule has 144 valence electrons. The van der Waals surface area contributed by atoms with E-state index in [0.29, 0.717) is 18.5 Å². The number of benzene rings is 1. The van der Waals surface area contributed by atoms with E-state index in [-0.39, 0.29) is 35.6 Å². The third kappa shape index (κ3) is 3.37. The number of amides is 3. The van der Waals surface area contributed by atoms with Crippen LogP contribution in [0.15, 0.2) is 18.2 Å². The highest BCUT2D eigenvalue weighted by Crippen LogP contribution is 2.47. The zero-order valence-electron chi connectivity index (χ0n) is 15.6. The number of imide groups is 1. The van der Waals surface area contributed by atoms with Crippen LogP contribution in [0.5, 0.6) is 0 Å². The molecule has 0 bridgehead atoms. The highest BCUT2D eigenvalue weighted by atomic mass is 16.2. The third-order valence-electron chi connectivity index (χ3n) is 6.25. The molecule has 1 aliphatic carbocycles. The van der Waals surface area contributed by atoms with Gasteiger partial charge in [-0.2, -0.15) is 0 Å². The monoisotopic (exact) mass is 370 g/mol. The fourth-order valence-corrected chi connectivity index (χ4v) is 4.15. The standard InChI is InChI=1S/C20H26N4O3/c1-12(21)20(6-7-20)11-22-9-13-2-3-15-14(8-13)10-24(19(15)27)16-4-5-17(25)23-18(16)26/h2-3,8,12,16,22H,4-7,9-11,21H2,1H3,(H,23,25,26). The van der Waals surface area contributed by atoms with Gasteiger partial charge in [0.05, 0.1) is 0 Å². The SMILES string of the molecule is CC(N)C1(CNCc2ccc3c(c2)CN(C2CCC(=O)NC2=O)C3=O)CC1. The Morgan fingerprint density at radius 1 is 1.33 bits per heavy atom. The van der Waals surface area contributed by atoms with Crippen molar-refractivity contribution < 1.29 is 14.4 Å². The quantitative estimate of drug-likeness (QED) is 0.638. The average Bonchev–Trinajstić information content (AvgIpc) is 3.35. The molecule has 0 spiro atoms. The lowest BCUT2D eigenvalue weighted by Gasteiger charge is -2.29. The maximum atomic E-state index is 12.7. The number of carbonyl (C=O) groups is 3. The fourth-order valence-electron chi connectivity index (χ4n) is 4.15. The van der Waals surface area contributed by atoms with Crippen molar-refractivity contribution in [1.29, 1.82) is 0 Å². The van der Waals surface area contributed by atoms with Gasteiger partial charge in [-0.25, -0.2) is 0 Å². The van der Waals surface area contributed by atoms with Gasteiger partial charge in [-0.3, -0.25) is 19.7 Å². The Bertz CT molecular complexity index is 800. The molecule has 2 atom stereocenters. The molecule has 7 heteroatoms. The fraction of sp³-hybridized carbons (Fsp3) is 0.550. The van der Waals surface area contributed by atoms with Gasteiger partial charge in [0.2, 0.25) is 11.8 Å². The molecule has 1 aromatic carbocycles. The van der Waals surface area contributed by atoms with Crippen LogP contribution in [0.4, 0.5) is 0 Å². The number of carbonyl (C=O) groups excluding carboxylic acids is 3. The number of hydrogen-bond donors (Lipinski definition) is 3. The Kier molecular flexibility index (Phi) is 4.52. The van der Waals surface area contributed by atoms with Crippen LogP contribution in [0.25, 0.3) is 0 Å². The predicted molar refractivity (Wildman–Crippen MR) is 99.5 cm³/mol. The number of nitrogens with zero attached hydrogens (tertiary/aromatic N) is 1. The molecule has 2 heterocycles. The minimum Gasteiger partial charge on any atom is -0.327 e. The molecule has 1 saturated heterocycles. The van der Waals surface area contributed by atoms with Gasteiger partial charge in [-0.05, 0) is 48.8 Å². The Hall–Kier alpha value is -2.25. The molecule has 2 unspecified atom stereocenters. The number of fused-ring (bicyclic) bond motifs is 1. The van der Waals surface area contributed by atoms with Crippen molar-refractivity contribution in [2.24, 2.45) is 11.1 Å². The first kappa shape index (κ1) is 18.1. The second kappa shape index (κ2) is 6.73. The first-order valence-corrected chi connectivity index (χ1v) is 9.62. The van der Waals surface area contributed by atoms with Crippen LogP contribution in [-0.4, -0.2) is 41.2 Å². The van der Waals surface area contributed by atoms with Crippen molar-refractivity contribution in [3.8, 4) is 0 Å². The van der Waals surface area contributed by atoms with Crippen LogP contribution < -0.4 is 16.4 Å². The van der Waals surface area contributed by atoms with Gasteiger partial charge < -0.3 is 16.0 Å². The first-order chi connectivity index (χ1) is 12.9.